The largest absolute Gasteiger partial charge is 0.448 e. The van der Waals surface area contributed by atoms with Crippen molar-refractivity contribution in [2.75, 3.05) is 17.8 Å². The van der Waals surface area contributed by atoms with E-state index in [0.717, 1.165) is 12.1 Å². The van der Waals surface area contributed by atoms with Crippen LogP contribution < -0.4 is 5.32 Å². The third-order valence-corrected chi connectivity index (χ3v) is 3.50. The number of benzene rings is 2. The van der Waals surface area contributed by atoms with Crippen molar-refractivity contribution in [3.05, 3.63) is 53.6 Å². The molecule has 0 saturated carbocycles. The zero-order valence-electron chi connectivity index (χ0n) is 10.9. The molecular weight excluding hydrogens is 274 g/mol. The lowest BCUT2D eigenvalue weighted by atomic mass is 10.1. The maximum Gasteiger partial charge on any atom is 0.411 e. The highest BCUT2D eigenvalue weighted by molar-refractivity contribution is 6.18. The molecule has 0 saturated heterocycles. The molecule has 1 N–H and O–H groups in total. The van der Waals surface area contributed by atoms with E-state index in [-0.39, 0.29) is 6.61 Å². The molecule has 0 heterocycles. The Labute approximate surface area is 122 Å². The molecular formula is C16H14ClNO2. The van der Waals surface area contributed by atoms with E-state index >= 15 is 0 Å². The second-order valence-corrected chi connectivity index (χ2v) is 5.03. The fourth-order valence-corrected chi connectivity index (χ4v) is 2.59. The number of fused-ring (bicyclic) bond motifs is 3. The van der Waals surface area contributed by atoms with Gasteiger partial charge >= 0.3 is 6.09 Å². The summed E-state index contributed by atoms with van der Waals surface area (Å²) in [5, 5.41) is 2.71. The summed E-state index contributed by atoms with van der Waals surface area (Å²) in [4.78, 5) is 11.5. The highest BCUT2D eigenvalue weighted by atomic mass is 35.5. The van der Waals surface area contributed by atoms with Gasteiger partial charge in [0.2, 0.25) is 0 Å². The minimum Gasteiger partial charge on any atom is -0.448 e. The van der Waals surface area contributed by atoms with Crippen LogP contribution in [0.5, 0.6) is 0 Å². The highest BCUT2D eigenvalue weighted by Gasteiger charge is 2.18. The molecule has 2 aromatic rings. The Balaban J connectivity index is 1.79. The summed E-state index contributed by atoms with van der Waals surface area (Å²) in [6.45, 7) is 0.212. The summed E-state index contributed by atoms with van der Waals surface area (Å²) < 4.78 is 4.89. The Morgan fingerprint density at radius 1 is 1.15 bits per heavy atom. The molecule has 20 heavy (non-hydrogen) atoms. The lowest BCUT2D eigenvalue weighted by molar-refractivity contribution is 0.168. The number of rotatable bonds is 3. The molecule has 0 radical (unpaired) electrons. The third kappa shape index (κ3) is 2.49. The first-order valence-corrected chi connectivity index (χ1v) is 7.02. The zero-order chi connectivity index (χ0) is 13.9. The fourth-order valence-electron chi connectivity index (χ4n) is 2.51. The molecule has 3 rings (SSSR count). The Kier molecular flexibility index (Phi) is 3.61. The van der Waals surface area contributed by atoms with Gasteiger partial charge in [-0.25, -0.2) is 4.79 Å². The predicted octanol–water partition coefficient (Wildman–Crippen LogP) is 4.05. The number of carbonyl (C=O) groups is 1. The molecule has 0 fully saturated rings. The van der Waals surface area contributed by atoms with Gasteiger partial charge in [-0.2, -0.15) is 0 Å². The lowest BCUT2D eigenvalue weighted by Crippen LogP contribution is -2.14. The van der Waals surface area contributed by atoms with Gasteiger partial charge in [0, 0.05) is 5.69 Å². The van der Waals surface area contributed by atoms with Crippen molar-refractivity contribution in [3.8, 4) is 11.1 Å². The maximum absolute atomic E-state index is 11.5. The predicted molar refractivity (Wildman–Crippen MR) is 80.4 cm³/mol. The first-order valence-electron chi connectivity index (χ1n) is 6.49. The van der Waals surface area contributed by atoms with Crippen LogP contribution in [-0.4, -0.2) is 18.6 Å². The third-order valence-electron chi connectivity index (χ3n) is 3.35. The second kappa shape index (κ2) is 5.55. The normalized spacial score (nSPS) is 11.7. The molecule has 0 aromatic heterocycles. The Hall–Kier alpha value is -2.00. The van der Waals surface area contributed by atoms with Crippen molar-refractivity contribution in [3.63, 3.8) is 0 Å². The van der Waals surface area contributed by atoms with E-state index in [9.17, 15) is 4.79 Å². The summed E-state index contributed by atoms with van der Waals surface area (Å²) in [7, 11) is 0. The van der Waals surface area contributed by atoms with E-state index < -0.39 is 6.09 Å². The van der Waals surface area contributed by atoms with Crippen LogP contribution in [0.15, 0.2) is 42.5 Å². The minimum atomic E-state index is -0.471. The van der Waals surface area contributed by atoms with Gasteiger partial charge in [0.1, 0.15) is 6.61 Å². The smallest absolute Gasteiger partial charge is 0.411 e. The van der Waals surface area contributed by atoms with Crippen LogP contribution >= 0.6 is 11.6 Å². The van der Waals surface area contributed by atoms with Crippen molar-refractivity contribution in [1.29, 1.82) is 0 Å². The molecule has 0 bridgehead atoms. The molecule has 0 unspecified atom stereocenters. The van der Waals surface area contributed by atoms with Gasteiger partial charge in [-0.05, 0) is 40.8 Å². The van der Waals surface area contributed by atoms with Gasteiger partial charge in [-0.3, -0.25) is 5.32 Å². The molecule has 0 atom stereocenters. The van der Waals surface area contributed by atoms with Crippen LogP contribution in [0.3, 0.4) is 0 Å². The minimum absolute atomic E-state index is 0.212. The summed E-state index contributed by atoms with van der Waals surface area (Å²) in [6.07, 6.45) is 0.429. The maximum atomic E-state index is 11.5. The van der Waals surface area contributed by atoms with Gasteiger partial charge in [0.05, 0.1) is 5.88 Å². The standard InChI is InChI=1S/C16H14ClNO2/c17-7-8-20-16(19)18-13-5-6-15-12(10-13)9-11-3-1-2-4-14(11)15/h1-6,10H,7-9H2,(H,18,19). The number of hydrogen-bond donors (Lipinski definition) is 1. The van der Waals surface area contributed by atoms with E-state index in [0.29, 0.717) is 5.88 Å². The molecule has 1 aliphatic rings. The first-order chi connectivity index (χ1) is 9.78. The number of anilines is 1. The van der Waals surface area contributed by atoms with Crippen LogP contribution in [-0.2, 0) is 11.2 Å². The number of alkyl halides is 1. The van der Waals surface area contributed by atoms with E-state index in [1.54, 1.807) is 0 Å². The van der Waals surface area contributed by atoms with Gasteiger partial charge in [0.15, 0.2) is 0 Å². The number of ether oxygens (including phenoxy) is 1. The molecule has 2 aromatic carbocycles. The van der Waals surface area contributed by atoms with Crippen molar-refractivity contribution >= 4 is 23.4 Å². The number of halogens is 1. The quantitative estimate of drug-likeness (QED) is 0.738. The topological polar surface area (TPSA) is 38.3 Å². The van der Waals surface area contributed by atoms with E-state index in [1.165, 1.54) is 22.3 Å². The molecule has 3 nitrogen and oxygen atoms in total. The van der Waals surface area contributed by atoms with Crippen LogP contribution in [0.2, 0.25) is 0 Å². The first kappa shape index (κ1) is 13.0. The van der Waals surface area contributed by atoms with Crippen molar-refractivity contribution < 1.29 is 9.53 Å². The summed E-state index contributed by atoms with van der Waals surface area (Å²) in [5.41, 5.74) is 5.81. The van der Waals surface area contributed by atoms with Crippen molar-refractivity contribution in [2.24, 2.45) is 0 Å². The van der Waals surface area contributed by atoms with Gasteiger partial charge in [-0.1, -0.05) is 30.3 Å². The van der Waals surface area contributed by atoms with Crippen LogP contribution in [0.1, 0.15) is 11.1 Å². The average molecular weight is 288 g/mol. The fraction of sp³-hybridized carbons (Fsp3) is 0.188. The van der Waals surface area contributed by atoms with E-state index in [4.69, 9.17) is 16.3 Å². The SMILES string of the molecule is O=C(Nc1ccc2c(c1)Cc1ccccc1-2)OCCCl. The van der Waals surface area contributed by atoms with Crippen molar-refractivity contribution in [1.82, 2.24) is 0 Å². The lowest BCUT2D eigenvalue weighted by Gasteiger charge is -2.07. The molecule has 0 aliphatic heterocycles. The summed E-state index contributed by atoms with van der Waals surface area (Å²) in [5.74, 6) is 0.299. The molecule has 1 amide bonds. The van der Waals surface area contributed by atoms with Gasteiger partial charge in [0.25, 0.3) is 0 Å². The number of amides is 1. The monoisotopic (exact) mass is 287 g/mol. The number of hydrogen-bond acceptors (Lipinski definition) is 2. The Bertz CT molecular complexity index is 655. The second-order valence-electron chi connectivity index (χ2n) is 4.66. The van der Waals surface area contributed by atoms with Crippen molar-refractivity contribution in [2.45, 2.75) is 6.42 Å². The highest BCUT2D eigenvalue weighted by Crippen LogP contribution is 2.37. The molecule has 1 aliphatic carbocycles. The summed E-state index contributed by atoms with van der Waals surface area (Å²) in [6, 6.07) is 14.3. The number of carbonyl (C=O) groups excluding carboxylic acids is 1. The Morgan fingerprint density at radius 2 is 1.95 bits per heavy atom. The molecule has 0 spiro atoms. The van der Waals surface area contributed by atoms with Crippen LogP contribution in [0.25, 0.3) is 11.1 Å². The molecule has 4 heteroatoms. The van der Waals surface area contributed by atoms with E-state index in [2.05, 4.69) is 17.4 Å². The summed E-state index contributed by atoms with van der Waals surface area (Å²) >= 11 is 5.47. The molecule has 102 valence electrons. The Morgan fingerprint density at radius 3 is 2.80 bits per heavy atom. The van der Waals surface area contributed by atoms with Gasteiger partial charge < -0.3 is 4.74 Å². The van der Waals surface area contributed by atoms with Gasteiger partial charge in [-0.15, -0.1) is 11.6 Å². The van der Waals surface area contributed by atoms with Crippen LogP contribution in [0, 0.1) is 0 Å². The van der Waals surface area contributed by atoms with Crippen LogP contribution in [0.4, 0.5) is 10.5 Å². The van der Waals surface area contributed by atoms with E-state index in [1.807, 2.05) is 30.3 Å². The number of nitrogens with one attached hydrogen (secondary N) is 1. The average Bonchev–Trinajstić information content (AvgIpc) is 2.82. The zero-order valence-corrected chi connectivity index (χ0v) is 11.6.